The maximum Gasteiger partial charge on any atom is 0.323 e. The van der Waals surface area contributed by atoms with Crippen LogP contribution >= 0.6 is 12.2 Å². The van der Waals surface area contributed by atoms with Crippen LogP contribution in [-0.2, 0) is 0 Å². The van der Waals surface area contributed by atoms with Crippen molar-refractivity contribution in [1.82, 2.24) is 0 Å². The zero-order valence-corrected chi connectivity index (χ0v) is 11.5. The first-order chi connectivity index (χ1) is 9.95. The van der Waals surface area contributed by atoms with E-state index in [9.17, 15) is 13.6 Å². The van der Waals surface area contributed by atoms with Crippen LogP contribution in [0.25, 0.3) is 0 Å². The lowest BCUT2D eigenvalue weighted by Crippen LogP contribution is -2.20. The number of carbonyl (C=O) groups excluding carboxylic acids is 1. The van der Waals surface area contributed by atoms with Crippen LogP contribution < -0.4 is 16.4 Å². The fourth-order valence-electron chi connectivity index (χ4n) is 1.62. The van der Waals surface area contributed by atoms with Crippen molar-refractivity contribution in [3.63, 3.8) is 0 Å². The third-order valence-corrected chi connectivity index (χ3v) is 2.81. The normalized spacial score (nSPS) is 10.0. The summed E-state index contributed by atoms with van der Waals surface area (Å²) in [6.07, 6.45) is 0. The summed E-state index contributed by atoms with van der Waals surface area (Å²) in [7, 11) is 0. The number of carbonyl (C=O) groups is 1. The van der Waals surface area contributed by atoms with Crippen molar-refractivity contribution >= 4 is 34.6 Å². The largest absolute Gasteiger partial charge is 0.389 e. The molecule has 21 heavy (non-hydrogen) atoms. The smallest absolute Gasteiger partial charge is 0.323 e. The van der Waals surface area contributed by atoms with E-state index in [1.807, 2.05) is 0 Å². The molecule has 2 aromatic carbocycles. The summed E-state index contributed by atoms with van der Waals surface area (Å²) in [5, 5.41) is 5.01. The highest BCUT2D eigenvalue weighted by Gasteiger charge is 2.08. The fourth-order valence-corrected chi connectivity index (χ4v) is 1.77. The summed E-state index contributed by atoms with van der Waals surface area (Å²) in [6.45, 7) is 0. The molecule has 0 fully saturated rings. The molecule has 0 radical (unpaired) electrons. The van der Waals surface area contributed by atoms with Gasteiger partial charge in [-0.25, -0.2) is 13.6 Å². The number of thiocarbonyl (C=S) groups is 1. The zero-order valence-electron chi connectivity index (χ0n) is 10.7. The Balaban J connectivity index is 2.07. The number of hydrogen-bond donors (Lipinski definition) is 3. The molecule has 2 amide bonds. The lowest BCUT2D eigenvalue weighted by atomic mass is 10.2. The van der Waals surface area contributed by atoms with Gasteiger partial charge in [-0.05, 0) is 42.5 Å². The minimum atomic E-state index is -0.563. The van der Waals surface area contributed by atoms with Gasteiger partial charge in [-0.2, -0.15) is 0 Å². The molecule has 7 heteroatoms. The molecule has 108 valence electrons. The Hall–Kier alpha value is -2.54. The molecular weight excluding hydrogens is 296 g/mol. The van der Waals surface area contributed by atoms with Gasteiger partial charge in [0.25, 0.3) is 0 Å². The number of rotatable bonds is 3. The summed E-state index contributed by atoms with van der Waals surface area (Å²) < 4.78 is 26.2. The number of nitrogens with one attached hydrogen (secondary N) is 2. The summed E-state index contributed by atoms with van der Waals surface area (Å²) in [5.74, 6) is -0.965. The molecule has 0 unspecified atom stereocenters. The summed E-state index contributed by atoms with van der Waals surface area (Å²) >= 11 is 4.71. The number of nitrogens with two attached hydrogens (primary N) is 1. The predicted octanol–water partition coefficient (Wildman–Crippen LogP) is 3.24. The van der Waals surface area contributed by atoms with Crippen LogP contribution in [0.4, 0.5) is 25.0 Å². The maximum atomic E-state index is 13.4. The van der Waals surface area contributed by atoms with E-state index in [0.717, 1.165) is 6.07 Å². The van der Waals surface area contributed by atoms with E-state index in [4.69, 9.17) is 18.0 Å². The van der Waals surface area contributed by atoms with Crippen LogP contribution in [0.1, 0.15) is 5.56 Å². The van der Waals surface area contributed by atoms with Gasteiger partial charge in [0.15, 0.2) is 0 Å². The average Bonchev–Trinajstić information content (AvgIpc) is 2.43. The van der Waals surface area contributed by atoms with Crippen molar-refractivity contribution in [2.75, 3.05) is 10.6 Å². The lowest BCUT2D eigenvalue weighted by Gasteiger charge is -2.09. The Bertz CT molecular complexity index is 689. The van der Waals surface area contributed by atoms with Crippen molar-refractivity contribution < 1.29 is 13.6 Å². The van der Waals surface area contributed by atoms with E-state index in [0.29, 0.717) is 11.4 Å². The Kier molecular flexibility index (Phi) is 4.44. The standard InChI is InChI=1S/C14H11F2N3OS/c15-8-1-3-9(4-2-8)18-14(20)19-10-5-6-12(16)11(7-10)13(17)21/h1-7H,(H2,17,21)(H2,18,19,20). The number of urea groups is 1. The van der Waals surface area contributed by atoms with Crippen LogP contribution in [0, 0.1) is 11.6 Å². The van der Waals surface area contributed by atoms with Gasteiger partial charge < -0.3 is 16.4 Å². The lowest BCUT2D eigenvalue weighted by molar-refractivity contribution is 0.262. The first-order valence-corrected chi connectivity index (χ1v) is 6.29. The molecule has 0 aromatic heterocycles. The first-order valence-electron chi connectivity index (χ1n) is 5.88. The molecule has 0 aliphatic carbocycles. The molecule has 4 N–H and O–H groups in total. The number of benzene rings is 2. The Morgan fingerprint density at radius 2 is 1.57 bits per heavy atom. The van der Waals surface area contributed by atoms with E-state index in [1.165, 1.54) is 36.4 Å². The van der Waals surface area contributed by atoms with E-state index in [-0.39, 0.29) is 10.6 Å². The SMILES string of the molecule is NC(=S)c1cc(NC(=O)Nc2ccc(F)cc2)ccc1F. The van der Waals surface area contributed by atoms with Crippen LogP contribution in [0.15, 0.2) is 42.5 Å². The molecule has 0 aliphatic rings. The molecule has 0 saturated heterocycles. The third-order valence-electron chi connectivity index (χ3n) is 2.59. The Morgan fingerprint density at radius 3 is 2.19 bits per heavy atom. The summed E-state index contributed by atoms with van der Waals surface area (Å²) in [5.41, 5.74) is 6.18. The maximum absolute atomic E-state index is 13.4. The van der Waals surface area contributed by atoms with Crippen LogP contribution in [0.5, 0.6) is 0 Å². The first kappa shape index (κ1) is 14.9. The quantitative estimate of drug-likeness (QED) is 0.763. The molecule has 0 heterocycles. The summed E-state index contributed by atoms with van der Waals surface area (Å²) in [4.78, 5) is 11.7. The van der Waals surface area contributed by atoms with Crippen molar-refractivity contribution in [2.45, 2.75) is 0 Å². The van der Waals surface area contributed by atoms with Gasteiger partial charge in [-0.1, -0.05) is 12.2 Å². The van der Waals surface area contributed by atoms with Crippen molar-refractivity contribution in [3.8, 4) is 0 Å². The van der Waals surface area contributed by atoms with Gasteiger partial charge in [0.1, 0.15) is 16.6 Å². The second-order valence-electron chi connectivity index (χ2n) is 4.14. The number of hydrogen-bond acceptors (Lipinski definition) is 2. The molecule has 0 aliphatic heterocycles. The van der Waals surface area contributed by atoms with Crippen molar-refractivity contribution in [2.24, 2.45) is 5.73 Å². The van der Waals surface area contributed by atoms with Gasteiger partial charge >= 0.3 is 6.03 Å². The number of anilines is 2. The molecule has 0 spiro atoms. The highest BCUT2D eigenvalue weighted by atomic mass is 32.1. The molecule has 0 saturated carbocycles. The zero-order chi connectivity index (χ0) is 15.4. The van der Waals surface area contributed by atoms with Crippen LogP contribution in [-0.4, -0.2) is 11.0 Å². The van der Waals surface area contributed by atoms with Gasteiger partial charge in [-0.3, -0.25) is 0 Å². The third kappa shape index (κ3) is 3.96. The molecule has 2 rings (SSSR count). The van der Waals surface area contributed by atoms with Crippen molar-refractivity contribution in [1.29, 1.82) is 0 Å². The Labute approximate surface area is 125 Å². The van der Waals surface area contributed by atoms with Gasteiger partial charge in [0, 0.05) is 16.9 Å². The number of amides is 2. The van der Waals surface area contributed by atoms with E-state index >= 15 is 0 Å². The van der Waals surface area contributed by atoms with Gasteiger partial charge in [-0.15, -0.1) is 0 Å². The van der Waals surface area contributed by atoms with Gasteiger partial charge in [0.2, 0.25) is 0 Å². The number of halogens is 2. The second kappa shape index (κ2) is 6.27. The molecule has 0 atom stereocenters. The van der Waals surface area contributed by atoms with E-state index in [1.54, 1.807) is 0 Å². The Morgan fingerprint density at radius 1 is 1.00 bits per heavy atom. The minimum Gasteiger partial charge on any atom is -0.389 e. The van der Waals surface area contributed by atoms with E-state index < -0.39 is 17.7 Å². The summed E-state index contributed by atoms with van der Waals surface area (Å²) in [6, 6.07) is 8.59. The van der Waals surface area contributed by atoms with Crippen LogP contribution in [0.2, 0.25) is 0 Å². The average molecular weight is 307 g/mol. The fraction of sp³-hybridized carbons (Fsp3) is 0. The molecular formula is C14H11F2N3OS. The topological polar surface area (TPSA) is 67.1 Å². The van der Waals surface area contributed by atoms with Gasteiger partial charge in [0.05, 0.1) is 0 Å². The highest BCUT2D eigenvalue weighted by Crippen LogP contribution is 2.15. The van der Waals surface area contributed by atoms with Crippen molar-refractivity contribution in [3.05, 3.63) is 59.7 Å². The molecule has 4 nitrogen and oxygen atoms in total. The minimum absolute atomic E-state index is 0.0459. The monoisotopic (exact) mass is 307 g/mol. The molecule has 2 aromatic rings. The predicted molar refractivity (Wildman–Crippen MR) is 81.3 cm³/mol. The van der Waals surface area contributed by atoms with E-state index in [2.05, 4.69) is 10.6 Å². The highest BCUT2D eigenvalue weighted by molar-refractivity contribution is 7.80. The molecule has 0 bridgehead atoms. The second-order valence-corrected chi connectivity index (χ2v) is 4.58. The van der Waals surface area contributed by atoms with Crippen LogP contribution in [0.3, 0.4) is 0 Å².